The van der Waals surface area contributed by atoms with E-state index >= 15 is 0 Å². The van der Waals surface area contributed by atoms with E-state index in [1.807, 2.05) is 18.2 Å². The van der Waals surface area contributed by atoms with Crippen molar-refractivity contribution in [1.82, 2.24) is 0 Å². The average molecular weight is 471 g/mol. The van der Waals surface area contributed by atoms with Crippen molar-refractivity contribution in [3.05, 3.63) is 53.0 Å². The van der Waals surface area contributed by atoms with Crippen molar-refractivity contribution in [2.75, 3.05) is 0 Å². The van der Waals surface area contributed by atoms with Crippen molar-refractivity contribution in [2.24, 2.45) is 17.3 Å². The number of carbonyl (C=O) groups is 2. The van der Waals surface area contributed by atoms with Gasteiger partial charge in [0.05, 0.1) is 4.91 Å². The fraction of sp³-hybridized carbons (Fsp3) is 0.571. The Kier molecular flexibility index (Phi) is 8.20. The molecule has 2 aliphatic rings. The second-order valence-electron chi connectivity index (χ2n) is 10.7. The molecule has 0 spiro atoms. The Hall–Kier alpha value is -1.26. The van der Waals surface area contributed by atoms with Gasteiger partial charge in [-0.05, 0) is 74.5 Å². The van der Waals surface area contributed by atoms with Gasteiger partial charge in [-0.2, -0.15) is 0 Å². The van der Waals surface area contributed by atoms with Gasteiger partial charge in [-0.1, -0.05) is 75.0 Å². The summed E-state index contributed by atoms with van der Waals surface area (Å²) in [5.74, 6) is 0.628. The van der Waals surface area contributed by atoms with E-state index in [0.717, 1.165) is 48.3 Å². The number of allylic oxidation sites excluding steroid dienone is 3. The van der Waals surface area contributed by atoms with Gasteiger partial charge < -0.3 is 0 Å². The Morgan fingerprint density at radius 3 is 2.53 bits per heavy atom. The lowest BCUT2D eigenvalue weighted by Crippen LogP contribution is -2.37. The molecule has 0 N–H and O–H groups in total. The van der Waals surface area contributed by atoms with E-state index < -0.39 is 0 Å². The van der Waals surface area contributed by atoms with Crippen LogP contribution in [0.2, 0.25) is 0 Å². The maximum atomic E-state index is 13.5. The van der Waals surface area contributed by atoms with Gasteiger partial charge in [-0.15, -0.1) is 6.58 Å². The predicted octanol–water partition coefficient (Wildman–Crippen LogP) is 8.23. The maximum Gasteiger partial charge on any atom is 0.192 e. The number of Topliss-reactive ketones (excluding diaryl/α,β-unsaturated/α-hetero) is 1. The van der Waals surface area contributed by atoms with Gasteiger partial charge in [0.15, 0.2) is 10.9 Å². The lowest BCUT2D eigenvalue weighted by Gasteiger charge is -2.41. The van der Waals surface area contributed by atoms with Crippen molar-refractivity contribution in [1.29, 1.82) is 0 Å². The maximum absolute atomic E-state index is 13.5. The summed E-state index contributed by atoms with van der Waals surface area (Å²) in [4.78, 5) is 28.6. The summed E-state index contributed by atoms with van der Waals surface area (Å²) in [5, 5.41) is 0.334. The zero-order valence-corrected chi connectivity index (χ0v) is 22.0. The first-order chi connectivity index (χ1) is 15.0. The van der Waals surface area contributed by atoms with Crippen LogP contribution in [0.4, 0.5) is 0 Å². The molecule has 2 aliphatic carbocycles. The summed E-state index contributed by atoms with van der Waals surface area (Å²) in [7, 11) is 0. The molecule has 32 heavy (non-hydrogen) atoms. The van der Waals surface area contributed by atoms with Gasteiger partial charge in [0.25, 0.3) is 0 Å². The highest BCUT2D eigenvalue weighted by Gasteiger charge is 2.51. The van der Waals surface area contributed by atoms with Crippen molar-refractivity contribution in [2.45, 2.75) is 89.2 Å². The van der Waals surface area contributed by atoms with Crippen molar-refractivity contribution < 1.29 is 9.59 Å². The minimum atomic E-state index is -0.0846. The number of benzene rings is 1. The highest BCUT2D eigenvalue weighted by molar-refractivity contribution is 8.14. The fourth-order valence-electron chi connectivity index (χ4n) is 5.35. The Balaban J connectivity index is 1.92. The van der Waals surface area contributed by atoms with Crippen molar-refractivity contribution in [3.8, 4) is 0 Å². The van der Waals surface area contributed by atoms with Gasteiger partial charge in [0, 0.05) is 22.0 Å². The first-order valence-corrected chi connectivity index (χ1v) is 13.5. The SMILES string of the molecule is C=C(C)CCC[C@@H](C(=O)SC(C)(C)C)[C@H]1CCC2=C(Sc3ccccc3)C(=O)CC[C@@]21C. The molecular formula is C28H38O2S2. The molecular weight excluding hydrogens is 432 g/mol. The lowest BCUT2D eigenvalue weighted by atomic mass is 9.65. The van der Waals surface area contributed by atoms with Crippen LogP contribution in [0.25, 0.3) is 0 Å². The summed E-state index contributed by atoms with van der Waals surface area (Å²) in [6.45, 7) is 14.8. The standard InChI is InChI=1S/C28H38O2S2/c1-19(2)11-10-14-21(26(30)32-27(3,4)5)22-15-16-23-25(24(29)17-18-28(22,23)6)31-20-12-8-7-9-13-20/h7-9,12-13,21-22H,1,10-11,14-18H2,2-6H3/t21-,22-,28-/m1/s1. The minimum absolute atomic E-state index is 0.0391. The zero-order chi connectivity index (χ0) is 23.5. The third kappa shape index (κ3) is 5.99. The largest absolute Gasteiger partial charge is 0.294 e. The van der Waals surface area contributed by atoms with Gasteiger partial charge in [0.2, 0.25) is 0 Å². The number of hydrogen-bond donors (Lipinski definition) is 0. The van der Waals surface area contributed by atoms with Crippen LogP contribution in [0.15, 0.2) is 57.9 Å². The summed E-state index contributed by atoms with van der Waals surface area (Å²) in [5.41, 5.74) is 2.43. The highest BCUT2D eigenvalue weighted by Crippen LogP contribution is 2.59. The summed E-state index contributed by atoms with van der Waals surface area (Å²) < 4.78 is -0.0846. The molecule has 2 nitrogen and oxygen atoms in total. The summed E-state index contributed by atoms with van der Waals surface area (Å²) in [6.07, 6.45) is 6.30. The molecule has 0 amide bonds. The second kappa shape index (κ2) is 10.3. The van der Waals surface area contributed by atoms with Crippen LogP contribution in [-0.4, -0.2) is 15.6 Å². The van der Waals surface area contributed by atoms with Gasteiger partial charge in [0.1, 0.15) is 0 Å². The van der Waals surface area contributed by atoms with E-state index in [2.05, 4.69) is 53.3 Å². The van der Waals surface area contributed by atoms with Crippen LogP contribution in [0, 0.1) is 17.3 Å². The zero-order valence-electron chi connectivity index (χ0n) is 20.3. The molecule has 0 bridgehead atoms. The molecule has 0 heterocycles. The molecule has 1 aromatic rings. The number of carbonyl (C=O) groups excluding carboxylic acids is 2. The number of hydrogen-bond acceptors (Lipinski definition) is 4. The third-order valence-electron chi connectivity index (χ3n) is 6.89. The monoisotopic (exact) mass is 470 g/mol. The molecule has 1 fully saturated rings. The number of fused-ring (bicyclic) bond motifs is 1. The van der Waals surface area contributed by atoms with E-state index in [0.29, 0.717) is 17.5 Å². The van der Waals surface area contributed by atoms with Crippen LogP contribution in [-0.2, 0) is 9.59 Å². The van der Waals surface area contributed by atoms with E-state index in [1.165, 1.54) is 22.9 Å². The van der Waals surface area contributed by atoms with Gasteiger partial charge >= 0.3 is 0 Å². The van der Waals surface area contributed by atoms with E-state index in [9.17, 15) is 9.59 Å². The molecule has 1 saturated carbocycles. The summed E-state index contributed by atoms with van der Waals surface area (Å²) >= 11 is 3.13. The predicted molar refractivity (Wildman–Crippen MR) is 139 cm³/mol. The topological polar surface area (TPSA) is 34.1 Å². The molecule has 3 rings (SSSR count). The molecule has 0 saturated heterocycles. The van der Waals surface area contributed by atoms with Gasteiger partial charge in [-0.25, -0.2) is 0 Å². The fourth-order valence-corrected chi connectivity index (χ4v) is 7.59. The minimum Gasteiger partial charge on any atom is -0.294 e. The molecule has 3 atom stereocenters. The Bertz CT molecular complexity index is 894. The quantitative estimate of drug-likeness (QED) is 0.358. The Morgan fingerprint density at radius 2 is 1.91 bits per heavy atom. The number of rotatable bonds is 8. The van der Waals surface area contributed by atoms with Gasteiger partial charge in [-0.3, -0.25) is 9.59 Å². The molecule has 1 aromatic carbocycles. The summed E-state index contributed by atoms with van der Waals surface area (Å²) in [6, 6.07) is 10.2. The normalized spacial score (nSPS) is 24.4. The van der Waals surface area contributed by atoms with Crippen molar-refractivity contribution in [3.63, 3.8) is 0 Å². The molecule has 4 heteroatoms. The third-order valence-corrected chi connectivity index (χ3v) is 9.19. The average Bonchev–Trinajstić information content (AvgIpc) is 3.04. The van der Waals surface area contributed by atoms with Crippen LogP contribution < -0.4 is 0 Å². The highest BCUT2D eigenvalue weighted by atomic mass is 32.2. The van der Waals surface area contributed by atoms with E-state index in [4.69, 9.17) is 0 Å². The first kappa shape index (κ1) is 25.4. The number of thioether (sulfide) groups is 2. The molecule has 0 radical (unpaired) electrons. The van der Waals surface area contributed by atoms with Crippen LogP contribution >= 0.6 is 23.5 Å². The van der Waals surface area contributed by atoms with Crippen molar-refractivity contribution >= 4 is 34.4 Å². The lowest BCUT2D eigenvalue weighted by molar-refractivity contribution is -0.118. The van der Waals surface area contributed by atoms with Crippen LogP contribution in [0.5, 0.6) is 0 Å². The number of ketones is 1. The smallest absolute Gasteiger partial charge is 0.192 e. The second-order valence-corrected chi connectivity index (χ2v) is 13.6. The molecule has 0 unspecified atom stereocenters. The molecule has 174 valence electrons. The Morgan fingerprint density at radius 1 is 1.22 bits per heavy atom. The van der Waals surface area contributed by atoms with Crippen LogP contribution in [0.3, 0.4) is 0 Å². The van der Waals surface area contributed by atoms with E-state index in [-0.39, 0.29) is 21.9 Å². The molecule has 0 aromatic heterocycles. The molecule has 0 aliphatic heterocycles. The van der Waals surface area contributed by atoms with E-state index in [1.54, 1.807) is 11.8 Å². The van der Waals surface area contributed by atoms with Crippen LogP contribution in [0.1, 0.15) is 79.6 Å². The Labute approximate surface area is 203 Å². The first-order valence-electron chi connectivity index (χ1n) is 11.9.